The Morgan fingerprint density at radius 1 is 1.38 bits per heavy atom. The second-order valence-electron chi connectivity index (χ2n) is 7.69. The van der Waals surface area contributed by atoms with E-state index in [1.165, 1.54) is 62.3 Å². The molecule has 1 N–H and O–H groups in total. The van der Waals surface area contributed by atoms with Crippen LogP contribution in [0.15, 0.2) is 5.38 Å². The van der Waals surface area contributed by atoms with Crippen molar-refractivity contribution in [3.63, 3.8) is 0 Å². The largest absolute Gasteiger partial charge is 0.308 e. The number of piperazine rings is 1. The number of aryl methyl sites for hydroxylation is 1. The van der Waals surface area contributed by atoms with Crippen LogP contribution >= 0.6 is 11.3 Å². The number of hydrogen-bond acceptors (Lipinski definition) is 4. The summed E-state index contributed by atoms with van der Waals surface area (Å²) < 4.78 is 0. The lowest BCUT2D eigenvalue weighted by Gasteiger charge is -2.52. The molecule has 1 unspecified atom stereocenters. The van der Waals surface area contributed by atoms with E-state index in [2.05, 4.69) is 29.4 Å². The zero-order valence-electron chi connectivity index (χ0n) is 13.3. The molecule has 116 valence electrons. The van der Waals surface area contributed by atoms with Gasteiger partial charge in [0.1, 0.15) is 0 Å². The highest BCUT2D eigenvalue weighted by Crippen LogP contribution is 2.46. The van der Waals surface area contributed by atoms with Crippen molar-refractivity contribution < 1.29 is 0 Å². The first kappa shape index (κ1) is 14.2. The second-order valence-corrected chi connectivity index (χ2v) is 8.75. The molecule has 1 aliphatic heterocycles. The van der Waals surface area contributed by atoms with Gasteiger partial charge in [-0.2, -0.15) is 0 Å². The minimum Gasteiger partial charge on any atom is -0.308 e. The first-order valence-electron chi connectivity index (χ1n) is 8.51. The standard InChI is InChI=1S/C17H27N3S/c1-13-19-15(10-21-13)9-20-12-16(2,14-5-6-14)18-11-17(20)7-3-4-8-17/h10,14,18H,3-9,11-12H2,1-2H3. The second kappa shape index (κ2) is 5.04. The van der Waals surface area contributed by atoms with Crippen molar-refractivity contribution in [1.29, 1.82) is 0 Å². The quantitative estimate of drug-likeness (QED) is 0.928. The number of nitrogens with one attached hydrogen (secondary N) is 1. The molecule has 0 amide bonds. The fourth-order valence-corrected chi connectivity index (χ4v) is 5.12. The molecule has 1 atom stereocenters. The Bertz CT molecular complexity index is 516. The van der Waals surface area contributed by atoms with Gasteiger partial charge in [0.15, 0.2) is 0 Å². The van der Waals surface area contributed by atoms with Crippen molar-refractivity contribution in [3.8, 4) is 0 Å². The molecule has 1 spiro atoms. The van der Waals surface area contributed by atoms with Gasteiger partial charge in [-0.3, -0.25) is 4.90 Å². The first-order chi connectivity index (χ1) is 10.1. The summed E-state index contributed by atoms with van der Waals surface area (Å²) in [7, 11) is 0. The molecule has 1 saturated heterocycles. The highest BCUT2D eigenvalue weighted by molar-refractivity contribution is 7.09. The van der Waals surface area contributed by atoms with Gasteiger partial charge in [0, 0.05) is 36.1 Å². The monoisotopic (exact) mass is 305 g/mol. The smallest absolute Gasteiger partial charge is 0.0897 e. The number of nitrogens with zero attached hydrogens (tertiary/aromatic N) is 2. The molecular formula is C17H27N3S. The zero-order valence-corrected chi connectivity index (χ0v) is 14.1. The Morgan fingerprint density at radius 2 is 2.14 bits per heavy atom. The summed E-state index contributed by atoms with van der Waals surface area (Å²) >= 11 is 1.79. The van der Waals surface area contributed by atoms with Crippen LogP contribution in [-0.4, -0.2) is 34.1 Å². The molecule has 4 rings (SSSR count). The van der Waals surface area contributed by atoms with Gasteiger partial charge in [0.25, 0.3) is 0 Å². The van der Waals surface area contributed by atoms with Gasteiger partial charge in [-0.15, -0.1) is 11.3 Å². The topological polar surface area (TPSA) is 28.2 Å². The van der Waals surface area contributed by atoms with Crippen molar-refractivity contribution in [1.82, 2.24) is 15.2 Å². The van der Waals surface area contributed by atoms with E-state index in [9.17, 15) is 0 Å². The minimum atomic E-state index is 0.332. The van der Waals surface area contributed by atoms with E-state index in [4.69, 9.17) is 4.98 Å². The van der Waals surface area contributed by atoms with Gasteiger partial charge in [0.05, 0.1) is 10.7 Å². The molecule has 3 aliphatic rings. The Balaban J connectivity index is 1.57. The molecule has 0 aromatic carbocycles. The predicted molar refractivity (Wildman–Crippen MR) is 87.6 cm³/mol. The van der Waals surface area contributed by atoms with Crippen molar-refractivity contribution >= 4 is 11.3 Å². The highest BCUT2D eigenvalue weighted by Gasteiger charge is 2.51. The van der Waals surface area contributed by atoms with Gasteiger partial charge in [0.2, 0.25) is 0 Å². The Kier molecular flexibility index (Phi) is 3.40. The fraction of sp³-hybridized carbons (Fsp3) is 0.824. The summed E-state index contributed by atoms with van der Waals surface area (Å²) in [4.78, 5) is 7.52. The van der Waals surface area contributed by atoms with Crippen LogP contribution in [-0.2, 0) is 6.54 Å². The van der Waals surface area contributed by atoms with Crippen LogP contribution in [0.5, 0.6) is 0 Å². The summed E-state index contributed by atoms with van der Waals surface area (Å²) in [5, 5.41) is 7.41. The molecule has 3 nitrogen and oxygen atoms in total. The molecule has 3 fully saturated rings. The van der Waals surface area contributed by atoms with Gasteiger partial charge in [-0.05, 0) is 45.4 Å². The van der Waals surface area contributed by atoms with Crippen LogP contribution in [0, 0.1) is 12.8 Å². The maximum Gasteiger partial charge on any atom is 0.0897 e. The van der Waals surface area contributed by atoms with Crippen molar-refractivity contribution in [2.45, 2.75) is 70.0 Å². The highest BCUT2D eigenvalue weighted by atomic mass is 32.1. The minimum absolute atomic E-state index is 0.332. The zero-order chi connectivity index (χ0) is 14.5. The summed E-state index contributed by atoms with van der Waals surface area (Å²) in [5.74, 6) is 0.899. The van der Waals surface area contributed by atoms with E-state index >= 15 is 0 Å². The van der Waals surface area contributed by atoms with Crippen LogP contribution in [0.4, 0.5) is 0 Å². The van der Waals surface area contributed by atoms with Gasteiger partial charge in [-0.1, -0.05) is 12.8 Å². The lowest BCUT2D eigenvalue weighted by Crippen LogP contribution is -2.68. The van der Waals surface area contributed by atoms with E-state index in [1.807, 2.05) is 0 Å². The SMILES string of the molecule is Cc1nc(CN2CC(C)(C3CC3)NCC23CCCC3)cs1. The van der Waals surface area contributed by atoms with Gasteiger partial charge in [-0.25, -0.2) is 4.98 Å². The summed E-state index contributed by atoms with van der Waals surface area (Å²) in [5.41, 5.74) is 2.02. The summed E-state index contributed by atoms with van der Waals surface area (Å²) in [6.45, 7) is 8.00. The molecule has 1 aromatic heterocycles. The van der Waals surface area contributed by atoms with E-state index < -0.39 is 0 Å². The van der Waals surface area contributed by atoms with Crippen LogP contribution in [0.2, 0.25) is 0 Å². The maximum absolute atomic E-state index is 4.72. The third-order valence-electron chi connectivity index (χ3n) is 6.04. The Morgan fingerprint density at radius 3 is 2.76 bits per heavy atom. The lowest BCUT2D eigenvalue weighted by atomic mass is 9.83. The normalized spacial score (nSPS) is 32.9. The number of rotatable bonds is 3. The first-order valence-corrected chi connectivity index (χ1v) is 9.39. The molecule has 2 saturated carbocycles. The van der Waals surface area contributed by atoms with E-state index in [-0.39, 0.29) is 0 Å². The lowest BCUT2D eigenvalue weighted by molar-refractivity contribution is -0.00141. The predicted octanol–water partition coefficient (Wildman–Crippen LogP) is 3.34. The molecule has 1 aromatic rings. The molecule has 4 heteroatoms. The maximum atomic E-state index is 4.72. The summed E-state index contributed by atoms with van der Waals surface area (Å²) in [6, 6.07) is 0. The number of aromatic nitrogens is 1. The van der Waals surface area contributed by atoms with Crippen LogP contribution < -0.4 is 5.32 Å². The summed E-state index contributed by atoms with van der Waals surface area (Å²) in [6.07, 6.45) is 8.36. The van der Waals surface area contributed by atoms with E-state index in [0.717, 1.165) is 12.5 Å². The van der Waals surface area contributed by atoms with Crippen molar-refractivity contribution in [3.05, 3.63) is 16.1 Å². The number of thiazole rings is 1. The average Bonchev–Trinajstić information content (AvgIpc) is 3.10. The Labute approximate surface area is 132 Å². The molecule has 21 heavy (non-hydrogen) atoms. The third kappa shape index (κ3) is 2.55. The van der Waals surface area contributed by atoms with Gasteiger partial charge < -0.3 is 5.32 Å². The average molecular weight is 305 g/mol. The molecular weight excluding hydrogens is 278 g/mol. The Hall–Kier alpha value is -0.450. The van der Waals surface area contributed by atoms with Crippen molar-refractivity contribution in [2.75, 3.05) is 13.1 Å². The molecule has 2 heterocycles. The van der Waals surface area contributed by atoms with Gasteiger partial charge >= 0.3 is 0 Å². The van der Waals surface area contributed by atoms with Crippen molar-refractivity contribution in [2.24, 2.45) is 5.92 Å². The molecule has 0 radical (unpaired) electrons. The fourth-order valence-electron chi connectivity index (χ4n) is 4.52. The third-order valence-corrected chi connectivity index (χ3v) is 6.87. The van der Waals surface area contributed by atoms with E-state index in [1.54, 1.807) is 11.3 Å². The van der Waals surface area contributed by atoms with E-state index in [0.29, 0.717) is 11.1 Å². The van der Waals surface area contributed by atoms with Crippen LogP contribution in [0.25, 0.3) is 0 Å². The molecule has 2 aliphatic carbocycles. The van der Waals surface area contributed by atoms with Crippen LogP contribution in [0.3, 0.4) is 0 Å². The number of hydrogen-bond donors (Lipinski definition) is 1. The van der Waals surface area contributed by atoms with Crippen LogP contribution in [0.1, 0.15) is 56.2 Å². The molecule has 0 bridgehead atoms.